The largest absolute Gasteiger partial charge is 0.491 e. The van der Waals surface area contributed by atoms with Crippen molar-refractivity contribution in [3.63, 3.8) is 0 Å². The molecular formula is C21H20N4O4S. The number of ether oxygens (including phenoxy) is 1. The van der Waals surface area contributed by atoms with E-state index in [4.69, 9.17) is 4.74 Å². The van der Waals surface area contributed by atoms with Gasteiger partial charge in [-0.15, -0.1) is 10.2 Å². The summed E-state index contributed by atoms with van der Waals surface area (Å²) in [5.74, 6) is 0.995. The molecule has 0 fully saturated rings. The molecule has 2 aromatic carbocycles. The van der Waals surface area contributed by atoms with Gasteiger partial charge in [-0.25, -0.2) is 8.42 Å². The Hall–Kier alpha value is -3.43. The van der Waals surface area contributed by atoms with Crippen LogP contribution in [0.15, 0.2) is 88.8 Å². The normalized spacial score (nSPS) is 12.6. The lowest BCUT2D eigenvalue weighted by Crippen LogP contribution is -2.27. The third-order valence-corrected chi connectivity index (χ3v) is 6.18. The van der Waals surface area contributed by atoms with Crippen LogP contribution in [0, 0.1) is 0 Å². The van der Waals surface area contributed by atoms with Crippen LogP contribution in [0.1, 0.15) is 0 Å². The number of benzene rings is 2. The van der Waals surface area contributed by atoms with Crippen molar-refractivity contribution in [3.8, 4) is 5.75 Å². The molecule has 0 aliphatic rings. The Bertz CT molecular complexity index is 1230. The molecule has 0 amide bonds. The first-order chi connectivity index (χ1) is 14.5. The number of sulfone groups is 1. The topological polar surface area (TPSA) is 106 Å². The predicted molar refractivity (Wildman–Crippen MR) is 111 cm³/mol. The fraction of sp³-hybridized carbons (Fsp3) is 0.143. The van der Waals surface area contributed by atoms with Crippen molar-refractivity contribution in [2.75, 3.05) is 18.5 Å². The van der Waals surface area contributed by atoms with Crippen LogP contribution in [0.3, 0.4) is 0 Å². The molecule has 2 aromatic heterocycles. The van der Waals surface area contributed by atoms with Gasteiger partial charge in [-0.2, -0.15) is 0 Å². The van der Waals surface area contributed by atoms with Crippen molar-refractivity contribution >= 4 is 21.4 Å². The van der Waals surface area contributed by atoms with Crippen LogP contribution in [-0.2, 0) is 9.84 Å². The summed E-state index contributed by atoms with van der Waals surface area (Å²) in [4.78, 5) is 0.331. The van der Waals surface area contributed by atoms with Crippen LogP contribution in [0.4, 0.5) is 5.95 Å². The summed E-state index contributed by atoms with van der Waals surface area (Å²) in [6, 6.07) is 20.5. The highest BCUT2D eigenvalue weighted by Crippen LogP contribution is 2.22. The second-order valence-corrected chi connectivity index (χ2v) is 8.54. The smallest absolute Gasteiger partial charge is 0.229 e. The van der Waals surface area contributed by atoms with E-state index >= 15 is 0 Å². The van der Waals surface area contributed by atoms with Crippen LogP contribution in [0.25, 0.3) is 5.65 Å². The number of nitrogens with one attached hydrogen (secondary N) is 1. The van der Waals surface area contributed by atoms with Gasteiger partial charge in [-0.1, -0.05) is 36.4 Å². The first kappa shape index (κ1) is 19.9. The predicted octanol–water partition coefficient (Wildman–Crippen LogP) is 2.41. The van der Waals surface area contributed by atoms with Crippen molar-refractivity contribution in [1.82, 2.24) is 14.6 Å². The number of aromatic nitrogens is 3. The third kappa shape index (κ3) is 4.27. The summed E-state index contributed by atoms with van der Waals surface area (Å²) in [5, 5.41) is 21.2. The van der Waals surface area contributed by atoms with Crippen LogP contribution >= 0.6 is 0 Å². The monoisotopic (exact) mass is 424 g/mol. The number of rotatable bonds is 8. The highest BCUT2D eigenvalue weighted by molar-refractivity contribution is 7.91. The van der Waals surface area contributed by atoms with Crippen LogP contribution in [-0.4, -0.2) is 47.4 Å². The Labute approximate surface area is 173 Å². The molecule has 4 aromatic rings. The number of para-hydroxylation sites is 1. The molecule has 0 bridgehead atoms. The van der Waals surface area contributed by atoms with Gasteiger partial charge in [0.1, 0.15) is 18.5 Å². The third-order valence-electron chi connectivity index (χ3n) is 4.42. The van der Waals surface area contributed by atoms with Crippen LogP contribution in [0.2, 0.25) is 0 Å². The van der Waals surface area contributed by atoms with E-state index in [1.54, 1.807) is 52.9 Å². The fourth-order valence-electron chi connectivity index (χ4n) is 2.86. The van der Waals surface area contributed by atoms with E-state index in [1.807, 2.05) is 18.2 Å². The van der Waals surface area contributed by atoms with Crippen molar-refractivity contribution < 1.29 is 18.3 Å². The Kier molecular flexibility index (Phi) is 5.64. The van der Waals surface area contributed by atoms with Gasteiger partial charge in [0.2, 0.25) is 15.8 Å². The molecule has 2 heterocycles. The molecule has 0 saturated heterocycles. The molecule has 1 atom stereocenters. The summed E-state index contributed by atoms with van der Waals surface area (Å²) in [7, 11) is -3.67. The zero-order chi connectivity index (χ0) is 21.0. The SMILES string of the molecule is O=S(=O)(c1ccccc1)c1ccc2nnc(NCC(O)COc3ccccc3)n2c1. The molecule has 0 radical (unpaired) electrons. The van der Waals surface area contributed by atoms with Gasteiger partial charge in [0.05, 0.1) is 9.79 Å². The van der Waals surface area contributed by atoms with Crippen molar-refractivity contribution in [2.24, 2.45) is 0 Å². The highest BCUT2D eigenvalue weighted by Gasteiger charge is 2.19. The number of hydrogen-bond acceptors (Lipinski definition) is 7. The molecule has 0 saturated carbocycles. The number of hydrogen-bond donors (Lipinski definition) is 2. The standard InChI is InChI=1S/C21H20N4O4S/c26-16(15-29-17-7-3-1-4-8-17)13-22-21-24-23-20-12-11-19(14-25(20)21)30(27,28)18-9-5-2-6-10-18/h1-12,14,16,26H,13,15H2,(H,22,24). The Balaban J connectivity index is 1.48. The van der Waals surface area contributed by atoms with E-state index in [0.717, 1.165) is 0 Å². The number of pyridine rings is 1. The molecule has 2 N–H and O–H groups in total. The zero-order valence-electron chi connectivity index (χ0n) is 15.9. The Morgan fingerprint density at radius 1 is 0.933 bits per heavy atom. The molecular weight excluding hydrogens is 404 g/mol. The van der Waals surface area contributed by atoms with E-state index in [2.05, 4.69) is 15.5 Å². The molecule has 0 spiro atoms. The molecule has 8 nitrogen and oxygen atoms in total. The molecule has 30 heavy (non-hydrogen) atoms. The lowest BCUT2D eigenvalue weighted by molar-refractivity contribution is 0.117. The van der Waals surface area contributed by atoms with Gasteiger partial charge in [0.15, 0.2) is 5.65 Å². The summed E-state index contributed by atoms with van der Waals surface area (Å²) in [5.41, 5.74) is 0.486. The maximum atomic E-state index is 12.9. The molecule has 1 unspecified atom stereocenters. The van der Waals surface area contributed by atoms with E-state index in [9.17, 15) is 13.5 Å². The minimum absolute atomic E-state index is 0.0986. The first-order valence-electron chi connectivity index (χ1n) is 9.29. The molecule has 4 rings (SSSR count). The maximum absolute atomic E-state index is 12.9. The van der Waals surface area contributed by atoms with Gasteiger partial charge in [0, 0.05) is 12.7 Å². The minimum Gasteiger partial charge on any atom is -0.491 e. The van der Waals surface area contributed by atoms with Crippen molar-refractivity contribution in [1.29, 1.82) is 0 Å². The lowest BCUT2D eigenvalue weighted by atomic mass is 10.3. The number of fused-ring (bicyclic) bond motifs is 1. The van der Waals surface area contributed by atoms with Crippen LogP contribution in [0.5, 0.6) is 5.75 Å². The summed E-state index contributed by atoms with van der Waals surface area (Å²) in [6.07, 6.45) is 0.668. The summed E-state index contributed by atoms with van der Waals surface area (Å²) in [6.45, 7) is 0.255. The van der Waals surface area contributed by atoms with Gasteiger partial charge < -0.3 is 15.2 Å². The average Bonchev–Trinajstić information content (AvgIpc) is 3.20. The van der Waals surface area contributed by atoms with E-state index < -0.39 is 15.9 Å². The number of aliphatic hydroxyl groups excluding tert-OH is 1. The highest BCUT2D eigenvalue weighted by atomic mass is 32.2. The minimum atomic E-state index is -3.67. The Morgan fingerprint density at radius 3 is 2.37 bits per heavy atom. The van der Waals surface area contributed by atoms with Gasteiger partial charge in [-0.05, 0) is 36.4 Å². The lowest BCUT2D eigenvalue weighted by Gasteiger charge is -2.13. The quantitative estimate of drug-likeness (QED) is 0.447. The van der Waals surface area contributed by atoms with Crippen LogP contribution < -0.4 is 10.1 Å². The zero-order valence-corrected chi connectivity index (χ0v) is 16.7. The molecule has 0 aliphatic carbocycles. The van der Waals surface area contributed by atoms with E-state index in [1.165, 1.54) is 12.3 Å². The van der Waals surface area contributed by atoms with E-state index in [-0.39, 0.29) is 22.9 Å². The number of nitrogens with zero attached hydrogens (tertiary/aromatic N) is 3. The number of aliphatic hydroxyl groups is 1. The average molecular weight is 424 g/mol. The van der Waals surface area contributed by atoms with Gasteiger partial charge >= 0.3 is 0 Å². The molecule has 9 heteroatoms. The summed E-state index contributed by atoms with van der Waals surface area (Å²) >= 11 is 0. The van der Waals surface area contributed by atoms with E-state index in [0.29, 0.717) is 17.3 Å². The second kappa shape index (κ2) is 8.52. The van der Waals surface area contributed by atoms with Crippen molar-refractivity contribution in [3.05, 3.63) is 79.0 Å². The Morgan fingerprint density at radius 2 is 1.63 bits per heavy atom. The fourth-order valence-corrected chi connectivity index (χ4v) is 4.14. The second-order valence-electron chi connectivity index (χ2n) is 6.59. The van der Waals surface area contributed by atoms with Gasteiger partial charge in [0.25, 0.3) is 0 Å². The maximum Gasteiger partial charge on any atom is 0.229 e. The number of anilines is 1. The van der Waals surface area contributed by atoms with Gasteiger partial charge in [-0.3, -0.25) is 4.40 Å². The molecule has 0 aliphatic heterocycles. The van der Waals surface area contributed by atoms with Crippen molar-refractivity contribution in [2.45, 2.75) is 15.9 Å². The first-order valence-corrected chi connectivity index (χ1v) is 10.8. The summed E-state index contributed by atoms with van der Waals surface area (Å²) < 4.78 is 32.8. The molecule has 154 valence electrons.